The van der Waals surface area contributed by atoms with Crippen LogP contribution < -0.4 is 19.1 Å². The molecule has 0 atom stereocenters. The number of nitrogens with one attached hydrogen (secondary N) is 1. The van der Waals surface area contributed by atoms with Crippen LogP contribution in [0.15, 0.2) is 79.1 Å². The van der Waals surface area contributed by atoms with Crippen LogP contribution in [0.4, 0.5) is 5.69 Å². The summed E-state index contributed by atoms with van der Waals surface area (Å²) in [6.45, 7) is 13.6. The summed E-state index contributed by atoms with van der Waals surface area (Å²) in [5.41, 5.74) is 10.5. The Morgan fingerprint density at radius 2 is 1.60 bits per heavy atom. The molecule has 1 N–H and O–H groups in total. The van der Waals surface area contributed by atoms with Crippen molar-refractivity contribution in [3.05, 3.63) is 124 Å². The number of piperazine rings is 1. The minimum atomic E-state index is -3.91. The molecule has 0 unspecified atom stereocenters. The van der Waals surface area contributed by atoms with Gasteiger partial charge in [0.05, 0.1) is 18.4 Å². The lowest BCUT2D eigenvalue weighted by Crippen LogP contribution is -2.48. The molecule has 1 saturated heterocycles. The molecule has 0 saturated carbocycles. The number of pyridine rings is 1. The Morgan fingerprint density at radius 1 is 0.883 bits per heavy atom. The normalized spacial score (nSPS) is 13.2. The van der Waals surface area contributed by atoms with Crippen LogP contribution in [0.1, 0.15) is 63.0 Å². The molecule has 3 aromatic heterocycles. The van der Waals surface area contributed by atoms with Crippen molar-refractivity contribution in [3.8, 4) is 22.6 Å². The number of rotatable bonds is 14. The summed E-state index contributed by atoms with van der Waals surface area (Å²) in [7, 11) is -2.01. The molecule has 0 spiro atoms. The van der Waals surface area contributed by atoms with E-state index in [1.165, 1.54) is 5.56 Å². The third kappa shape index (κ3) is 9.18. The van der Waals surface area contributed by atoms with Crippen molar-refractivity contribution in [2.75, 3.05) is 43.9 Å². The van der Waals surface area contributed by atoms with E-state index < -0.39 is 15.9 Å². The van der Waals surface area contributed by atoms with Gasteiger partial charge in [0.25, 0.3) is 5.91 Å². The van der Waals surface area contributed by atoms with Gasteiger partial charge in [-0.3, -0.25) is 19.3 Å². The zero-order chi connectivity index (χ0) is 42.7. The zero-order valence-corrected chi connectivity index (χ0v) is 36.2. The number of carbonyl (C=O) groups excluding carboxylic acids is 2. The Labute approximate surface area is 352 Å². The van der Waals surface area contributed by atoms with Gasteiger partial charge in [0.15, 0.2) is 0 Å². The molecule has 2 amide bonds. The van der Waals surface area contributed by atoms with Crippen molar-refractivity contribution in [1.29, 1.82) is 0 Å². The van der Waals surface area contributed by atoms with Crippen LogP contribution in [0.25, 0.3) is 22.0 Å². The number of hydrogen-bond donors (Lipinski definition) is 1. The van der Waals surface area contributed by atoms with E-state index >= 15 is 0 Å². The highest BCUT2D eigenvalue weighted by atomic mass is 32.2. The van der Waals surface area contributed by atoms with Gasteiger partial charge < -0.3 is 23.8 Å². The maximum absolute atomic E-state index is 14.2. The number of benzene rings is 3. The maximum atomic E-state index is 14.2. The second kappa shape index (κ2) is 17.6. The lowest BCUT2D eigenvalue weighted by atomic mass is 9.98. The summed E-state index contributed by atoms with van der Waals surface area (Å²) in [5.74, 6) is 0.867. The number of ether oxygens (including phenoxy) is 2. The van der Waals surface area contributed by atoms with Crippen molar-refractivity contribution in [3.63, 3.8) is 0 Å². The Morgan fingerprint density at radius 3 is 2.25 bits per heavy atom. The van der Waals surface area contributed by atoms with E-state index in [4.69, 9.17) is 14.6 Å². The van der Waals surface area contributed by atoms with Gasteiger partial charge in [-0.25, -0.2) is 13.1 Å². The molecule has 314 valence electrons. The minimum absolute atomic E-state index is 0.101. The van der Waals surface area contributed by atoms with E-state index in [1.807, 2.05) is 94.9 Å². The number of aromatic nitrogens is 4. The Balaban J connectivity index is 1.25. The summed E-state index contributed by atoms with van der Waals surface area (Å²) in [5, 5.41) is 5.74. The molecule has 0 radical (unpaired) electrons. The molecule has 60 heavy (non-hydrogen) atoms. The summed E-state index contributed by atoms with van der Waals surface area (Å²) in [4.78, 5) is 34.5. The molecule has 0 bridgehead atoms. The fourth-order valence-electron chi connectivity index (χ4n) is 8.07. The zero-order valence-electron chi connectivity index (χ0n) is 35.4. The number of fused-ring (bicyclic) bond motifs is 1. The largest absolute Gasteiger partial charge is 0.494 e. The first kappa shape index (κ1) is 42.0. The first-order chi connectivity index (χ1) is 28.7. The van der Waals surface area contributed by atoms with E-state index in [1.54, 1.807) is 19.3 Å². The van der Waals surface area contributed by atoms with Gasteiger partial charge in [0.2, 0.25) is 15.9 Å². The predicted octanol–water partition coefficient (Wildman–Crippen LogP) is 6.67. The fourth-order valence-corrected chi connectivity index (χ4v) is 8.51. The van der Waals surface area contributed by atoms with Gasteiger partial charge in [0.1, 0.15) is 29.5 Å². The van der Waals surface area contributed by atoms with Crippen molar-refractivity contribution < 1.29 is 27.5 Å². The van der Waals surface area contributed by atoms with Crippen LogP contribution >= 0.6 is 0 Å². The quantitative estimate of drug-likeness (QED) is 0.119. The molecule has 13 nitrogen and oxygen atoms in total. The van der Waals surface area contributed by atoms with Crippen molar-refractivity contribution in [2.24, 2.45) is 7.05 Å². The summed E-state index contributed by atoms with van der Waals surface area (Å²) in [6.07, 6.45) is 5.44. The first-order valence-electron chi connectivity index (χ1n) is 20.2. The van der Waals surface area contributed by atoms with Gasteiger partial charge >= 0.3 is 0 Å². The third-order valence-electron chi connectivity index (χ3n) is 11.5. The average molecular weight is 832 g/mol. The second-order valence-electron chi connectivity index (χ2n) is 15.6. The highest BCUT2D eigenvalue weighted by molar-refractivity contribution is 7.89. The summed E-state index contributed by atoms with van der Waals surface area (Å²) in [6, 6.07) is 21.8. The van der Waals surface area contributed by atoms with E-state index in [0.29, 0.717) is 44.0 Å². The van der Waals surface area contributed by atoms with Gasteiger partial charge in [0, 0.05) is 87.0 Å². The molecular formula is C46H53N7O6S. The number of carbonyl (C=O) groups is 2. The molecule has 1 fully saturated rings. The van der Waals surface area contributed by atoms with Crippen LogP contribution in [0.3, 0.4) is 0 Å². The average Bonchev–Trinajstić information content (AvgIpc) is 3.69. The molecule has 1 aliphatic rings. The van der Waals surface area contributed by atoms with Gasteiger partial charge in [-0.1, -0.05) is 24.3 Å². The molecular weight excluding hydrogens is 779 g/mol. The third-order valence-corrected chi connectivity index (χ3v) is 12.0. The topological polar surface area (TPSA) is 141 Å². The lowest BCUT2D eigenvalue weighted by Gasteiger charge is -2.35. The smallest absolute Gasteiger partial charge is 0.281 e. The van der Waals surface area contributed by atoms with Crippen LogP contribution in [-0.4, -0.2) is 83.5 Å². The summed E-state index contributed by atoms with van der Waals surface area (Å²) < 4.78 is 43.8. The second-order valence-corrected chi connectivity index (χ2v) is 17.4. The van der Waals surface area contributed by atoms with Crippen molar-refractivity contribution in [1.82, 2.24) is 29.0 Å². The number of aryl methyl sites for hydroxylation is 4. The van der Waals surface area contributed by atoms with Gasteiger partial charge in [-0.05, 0) is 111 Å². The monoisotopic (exact) mass is 831 g/mol. The van der Waals surface area contributed by atoms with E-state index in [0.717, 1.165) is 80.8 Å². The maximum Gasteiger partial charge on any atom is 0.281 e. The number of para-hydroxylation sites is 1. The van der Waals surface area contributed by atoms with E-state index in [-0.39, 0.29) is 24.8 Å². The van der Waals surface area contributed by atoms with E-state index in [2.05, 4.69) is 35.4 Å². The van der Waals surface area contributed by atoms with Gasteiger partial charge in [-0.2, -0.15) is 5.10 Å². The summed E-state index contributed by atoms with van der Waals surface area (Å²) >= 11 is 0. The highest BCUT2D eigenvalue weighted by Crippen LogP contribution is 2.39. The molecule has 0 aliphatic carbocycles. The molecule has 7 rings (SSSR count). The standard InChI is InChI=1S/C46H53N7O6S/c1-30-25-38(26-31(2)32(30)3)58-24-10-14-40-39-12-8-13-41(44(39)53(28-35-11-9-19-47-27-35)45(40)46(55)49-60(7,56)57)43-33(4)50(6)48-42(43)29-59-37-17-15-36(16-18-37)52-22-20-51(21-23-52)34(5)54/h8-9,11-13,15-19,25-27H,10,14,20-24,28-29H2,1-7H3,(H,49,55). The van der Waals surface area contributed by atoms with Crippen LogP contribution in [0.5, 0.6) is 11.5 Å². The van der Waals surface area contributed by atoms with Crippen LogP contribution in [-0.2, 0) is 41.4 Å². The lowest BCUT2D eigenvalue weighted by molar-refractivity contribution is -0.129. The highest BCUT2D eigenvalue weighted by Gasteiger charge is 2.29. The fraction of sp³-hybridized carbons (Fsp3) is 0.348. The first-order valence-corrected chi connectivity index (χ1v) is 22.1. The van der Waals surface area contributed by atoms with Gasteiger partial charge in [-0.15, -0.1) is 0 Å². The number of nitrogens with zero attached hydrogens (tertiary/aromatic N) is 6. The van der Waals surface area contributed by atoms with Crippen molar-refractivity contribution in [2.45, 2.75) is 60.6 Å². The number of amides is 2. The Kier molecular flexibility index (Phi) is 12.3. The predicted molar refractivity (Wildman–Crippen MR) is 234 cm³/mol. The molecule has 6 aromatic rings. The minimum Gasteiger partial charge on any atom is -0.494 e. The van der Waals surface area contributed by atoms with Crippen LogP contribution in [0, 0.1) is 27.7 Å². The van der Waals surface area contributed by atoms with Crippen molar-refractivity contribution >= 4 is 38.4 Å². The number of sulfonamides is 1. The Hall–Kier alpha value is -6.15. The van der Waals surface area contributed by atoms with Crippen LogP contribution in [0.2, 0.25) is 0 Å². The molecule has 4 heterocycles. The molecule has 3 aromatic carbocycles. The van der Waals surface area contributed by atoms with E-state index in [9.17, 15) is 18.0 Å². The molecule has 14 heteroatoms. The number of anilines is 1. The SMILES string of the molecule is CC(=O)N1CCN(c2ccc(OCc3nn(C)c(C)c3-c3cccc4c(CCCOc5cc(C)c(C)c(C)c5)c(C(=O)NS(C)(=O)=O)n(Cc5cccnc5)c34)cc2)CC1. The number of hydrogen-bond acceptors (Lipinski definition) is 9. The Bertz CT molecular complexity index is 2620. The molecule has 1 aliphatic heterocycles.